The quantitative estimate of drug-likeness (QED) is 0.811. The Labute approximate surface area is 95.3 Å². The highest BCUT2D eigenvalue weighted by atomic mass is 35.5. The highest BCUT2D eigenvalue weighted by Gasteiger charge is 2.25. The Morgan fingerprint density at radius 2 is 2.33 bits per heavy atom. The van der Waals surface area contributed by atoms with Crippen LogP contribution in [-0.2, 0) is 0 Å². The summed E-state index contributed by atoms with van der Waals surface area (Å²) in [5, 5.41) is 3.93. The Balaban J connectivity index is 1.89. The largest absolute Gasteiger partial charge is 0.339 e. The summed E-state index contributed by atoms with van der Waals surface area (Å²) < 4.78 is 5.71. The first-order valence-corrected chi connectivity index (χ1v) is 5.97. The fourth-order valence-corrected chi connectivity index (χ4v) is 2.38. The van der Waals surface area contributed by atoms with Crippen LogP contribution >= 0.6 is 22.9 Å². The summed E-state index contributed by atoms with van der Waals surface area (Å²) in [5.74, 6) is 1.82. The van der Waals surface area contributed by atoms with Gasteiger partial charge in [0, 0.05) is 5.92 Å². The molecule has 0 N–H and O–H groups in total. The van der Waals surface area contributed by atoms with Gasteiger partial charge in [0.25, 0.3) is 0 Å². The molecule has 1 saturated carbocycles. The van der Waals surface area contributed by atoms with Gasteiger partial charge in [0.1, 0.15) is 0 Å². The van der Waals surface area contributed by atoms with Crippen molar-refractivity contribution in [3.63, 3.8) is 0 Å². The monoisotopic (exact) mass is 241 g/mol. The summed E-state index contributed by atoms with van der Waals surface area (Å²) >= 11 is 7.10. The summed E-state index contributed by atoms with van der Waals surface area (Å²) in [7, 11) is 0. The van der Waals surface area contributed by atoms with E-state index in [-0.39, 0.29) is 0 Å². The molecule has 1 aliphatic rings. The Bertz CT molecular complexity index is 477. The summed E-state index contributed by atoms with van der Waals surface area (Å²) in [6.07, 6.45) is 5.24. The molecule has 0 saturated heterocycles. The molecule has 0 aliphatic heterocycles. The first kappa shape index (κ1) is 9.30. The van der Waals surface area contributed by atoms with Crippen molar-refractivity contribution >= 4 is 22.9 Å². The Morgan fingerprint density at radius 3 is 2.93 bits per heavy atom. The Hall–Kier alpha value is -0.940. The second-order valence-corrected chi connectivity index (χ2v) is 5.17. The van der Waals surface area contributed by atoms with E-state index in [0.717, 1.165) is 23.6 Å². The molecule has 2 aromatic heterocycles. The lowest BCUT2D eigenvalue weighted by molar-refractivity contribution is 0.292. The van der Waals surface area contributed by atoms with Gasteiger partial charge in [-0.15, -0.1) is 0 Å². The molecule has 3 rings (SSSR count). The van der Waals surface area contributed by atoms with E-state index in [1.54, 1.807) is 6.20 Å². The van der Waals surface area contributed by atoms with Crippen LogP contribution in [0.2, 0.25) is 4.47 Å². The number of hydrogen-bond donors (Lipinski definition) is 0. The zero-order valence-corrected chi connectivity index (χ0v) is 9.38. The molecule has 0 atom stereocenters. The zero-order chi connectivity index (χ0) is 10.3. The van der Waals surface area contributed by atoms with Gasteiger partial charge in [-0.2, -0.15) is 4.98 Å². The molecule has 1 aliphatic carbocycles. The summed E-state index contributed by atoms with van der Waals surface area (Å²) in [4.78, 5) is 9.15. The maximum Gasteiger partial charge on any atom is 0.230 e. The predicted molar refractivity (Wildman–Crippen MR) is 57.0 cm³/mol. The topological polar surface area (TPSA) is 51.8 Å². The van der Waals surface area contributed by atoms with Crippen LogP contribution in [0, 0.1) is 0 Å². The maximum absolute atomic E-state index is 5.74. The van der Waals surface area contributed by atoms with E-state index in [4.69, 9.17) is 16.1 Å². The highest BCUT2D eigenvalue weighted by Crippen LogP contribution is 2.36. The number of thiazole rings is 1. The molecule has 0 spiro atoms. The van der Waals surface area contributed by atoms with Crippen LogP contribution < -0.4 is 0 Å². The van der Waals surface area contributed by atoms with Gasteiger partial charge >= 0.3 is 0 Å². The highest BCUT2D eigenvalue weighted by molar-refractivity contribution is 7.18. The second kappa shape index (κ2) is 3.57. The minimum Gasteiger partial charge on any atom is -0.339 e. The van der Waals surface area contributed by atoms with E-state index in [1.165, 1.54) is 17.8 Å². The molecule has 0 unspecified atom stereocenters. The fourth-order valence-electron chi connectivity index (χ4n) is 1.51. The molecule has 0 radical (unpaired) electrons. The van der Waals surface area contributed by atoms with Crippen molar-refractivity contribution < 1.29 is 4.52 Å². The lowest BCUT2D eigenvalue weighted by Gasteiger charge is -2.20. The van der Waals surface area contributed by atoms with Gasteiger partial charge in [0.15, 0.2) is 4.47 Å². The fraction of sp³-hybridized carbons (Fsp3) is 0.444. The van der Waals surface area contributed by atoms with Crippen molar-refractivity contribution in [2.75, 3.05) is 0 Å². The van der Waals surface area contributed by atoms with E-state index >= 15 is 0 Å². The van der Waals surface area contributed by atoms with Crippen LogP contribution in [0.25, 0.3) is 10.7 Å². The third-order valence-electron chi connectivity index (χ3n) is 2.59. The molecule has 15 heavy (non-hydrogen) atoms. The summed E-state index contributed by atoms with van der Waals surface area (Å²) in [6, 6.07) is 0. The molecule has 0 bridgehead atoms. The van der Waals surface area contributed by atoms with Gasteiger partial charge in [0.2, 0.25) is 11.7 Å². The first-order valence-electron chi connectivity index (χ1n) is 4.78. The molecule has 1 fully saturated rings. The van der Waals surface area contributed by atoms with Gasteiger partial charge in [-0.25, -0.2) is 4.98 Å². The minimum atomic E-state index is 0.467. The van der Waals surface area contributed by atoms with E-state index in [0.29, 0.717) is 16.2 Å². The molecule has 78 valence electrons. The molecule has 2 aromatic rings. The van der Waals surface area contributed by atoms with Crippen LogP contribution in [0.15, 0.2) is 10.7 Å². The lowest BCUT2D eigenvalue weighted by atomic mass is 9.85. The average Bonchev–Trinajstić information content (AvgIpc) is 2.70. The van der Waals surface area contributed by atoms with Crippen molar-refractivity contribution in [3.05, 3.63) is 16.6 Å². The normalized spacial score (nSPS) is 16.6. The standard InChI is InChI=1S/C9H8ClN3OS/c10-9-11-4-6(15-9)7-12-8(14-13-7)5-2-1-3-5/h4-5H,1-3H2. The van der Waals surface area contributed by atoms with Crippen molar-refractivity contribution in [2.45, 2.75) is 25.2 Å². The average molecular weight is 242 g/mol. The first-order chi connectivity index (χ1) is 7.33. The molecular weight excluding hydrogens is 234 g/mol. The summed E-state index contributed by atoms with van der Waals surface area (Å²) in [6.45, 7) is 0. The second-order valence-electron chi connectivity index (χ2n) is 3.56. The van der Waals surface area contributed by atoms with Crippen molar-refractivity contribution in [1.29, 1.82) is 0 Å². The Kier molecular flexibility index (Phi) is 2.21. The number of aromatic nitrogens is 3. The van der Waals surface area contributed by atoms with Crippen LogP contribution in [0.3, 0.4) is 0 Å². The van der Waals surface area contributed by atoms with E-state index in [2.05, 4.69) is 15.1 Å². The smallest absolute Gasteiger partial charge is 0.230 e. The van der Waals surface area contributed by atoms with E-state index in [1.807, 2.05) is 0 Å². The molecule has 4 nitrogen and oxygen atoms in total. The van der Waals surface area contributed by atoms with Crippen LogP contribution in [0.4, 0.5) is 0 Å². The Morgan fingerprint density at radius 1 is 1.47 bits per heavy atom. The van der Waals surface area contributed by atoms with Gasteiger partial charge in [0.05, 0.1) is 11.1 Å². The zero-order valence-electron chi connectivity index (χ0n) is 7.81. The van der Waals surface area contributed by atoms with Gasteiger partial charge in [-0.3, -0.25) is 0 Å². The summed E-state index contributed by atoms with van der Waals surface area (Å²) in [5.41, 5.74) is 0. The van der Waals surface area contributed by atoms with Gasteiger partial charge in [-0.1, -0.05) is 34.5 Å². The molecule has 0 amide bonds. The predicted octanol–water partition coefficient (Wildman–Crippen LogP) is 3.11. The minimum absolute atomic E-state index is 0.467. The van der Waals surface area contributed by atoms with Gasteiger partial charge < -0.3 is 4.52 Å². The van der Waals surface area contributed by atoms with Crippen LogP contribution in [0.5, 0.6) is 0 Å². The third-order valence-corrected chi connectivity index (χ3v) is 3.70. The van der Waals surface area contributed by atoms with Gasteiger partial charge in [-0.05, 0) is 12.8 Å². The molecular formula is C9H8ClN3OS. The SMILES string of the molecule is Clc1ncc(-c2noc(C3CCC3)n2)s1. The lowest BCUT2D eigenvalue weighted by Crippen LogP contribution is -2.08. The van der Waals surface area contributed by atoms with E-state index < -0.39 is 0 Å². The molecule has 6 heteroatoms. The number of nitrogens with zero attached hydrogens (tertiary/aromatic N) is 3. The molecule has 0 aromatic carbocycles. The molecule has 2 heterocycles. The van der Waals surface area contributed by atoms with E-state index in [9.17, 15) is 0 Å². The number of rotatable bonds is 2. The van der Waals surface area contributed by atoms with Crippen molar-refractivity contribution in [3.8, 4) is 10.7 Å². The van der Waals surface area contributed by atoms with Crippen molar-refractivity contribution in [2.24, 2.45) is 0 Å². The van der Waals surface area contributed by atoms with Crippen molar-refractivity contribution in [1.82, 2.24) is 15.1 Å². The maximum atomic E-state index is 5.74. The van der Waals surface area contributed by atoms with Crippen LogP contribution in [-0.4, -0.2) is 15.1 Å². The number of hydrogen-bond acceptors (Lipinski definition) is 5. The third kappa shape index (κ3) is 1.66. The van der Waals surface area contributed by atoms with Crippen LogP contribution in [0.1, 0.15) is 31.1 Å². The number of halogens is 1.